The van der Waals surface area contributed by atoms with Gasteiger partial charge in [-0.25, -0.2) is 4.39 Å². The molecular formula is C31H43FN2O4. The first-order chi connectivity index (χ1) is 18.0. The Morgan fingerprint density at radius 3 is 2.39 bits per heavy atom. The zero-order valence-electron chi connectivity index (χ0n) is 23.8. The Hall–Kier alpha value is -3.06. The molecule has 0 saturated carbocycles. The quantitative estimate of drug-likeness (QED) is 0.247. The fourth-order valence-corrected chi connectivity index (χ4v) is 4.92. The van der Waals surface area contributed by atoms with E-state index in [0.717, 1.165) is 48.4 Å². The maximum atomic E-state index is 13.8. The molecule has 7 heteroatoms. The second-order valence-electron chi connectivity index (χ2n) is 11.1. The zero-order chi connectivity index (χ0) is 27.9. The van der Waals surface area contributed by atoms with Crippen molar-refractivity contribution in [2.45, 2.75) is 72.8 Å². The van der Waals surface area contributed by atoms with Gasteiger partial charge >= 0.3 is 5.97 Å². The van der Waals surface area contributed by atoms with E-state index in [-0.39, 0.29) is 23.9 Å². The molecule has 0 unspecified atom stereocenters. The Labute approximate surface area is 227 Å². The average Bonchev–Trinajstić information content (AvgIpc) is 2.87. The average molecular weight is 527 g/mol. The second kappa shape index (κ2) is 13.1. The number of nitrogens with zero attached hydrogens (tertiary/aromatic N) is 2. The van der Waals surface area contributed by atoms with E-state index in [4.69, 9.17) is 14.2 Å². The minimum absolute atomic E-state index is 0.123. The molecule has 0 bridgehead atoms. The predicted molar refractivity (Wildman–Crippen MR) is 148 cm³/mol. The highest BCUT2D eigenvalue weighted by atomic mass is 19.1. The normalized spacial score (nSPS) is 14.8. The maximum Gasteiger partial charge on any atom is 0.312 e. The predicted octanol–water partition coefficient (Wildman–Crippen LogP) is 6.07. The van der Waals surface area contributed by atoms with Gasteiger partial charge in [0.05, 0.1) is 18.6 Å². The Balaban J connectivity index is 1.68. The molecule has 2 aromatic rings. The third-order valence-corrected chi connectivity index (χ3v) is 7.02. The lowest BCUT2D eigenvalue weighted by Gasteiger charge is -2.41. The number of hydrogen-bond acceptors (Lipinski definition) is 6. The number of piperidine rings is 1. The molecule has 0 aromatic heterocycles. The number of ether oxygens (including phenoxy) is 3. The van der Waals surface area contributed by atoms with Gasteiger partial charge in [-0.15, -0.1) is 0 Å². The number of carbonyl (C=O) groups excluding carboxylic acids is 1. The first-order valence-corrected chi connectivity index (χ1v) is 13.4. The van der Waals surface area contributed by atoms with Crippen LogP contribution in [0, 0.1) is 18.2 Å². The van der Waals surface area contributed by atoms with Crippen LogP contribution >= 0.6 is 0 Å². The fraction of sp³-hybridized carbons (Fsp3) is 0.516. The van der Waals surface area contributed by atoms with Crippen LogP contribution in [-0.4, -0.2) is 54.7 Å². The topological polar surface area (TPSA) is 51.2 Å². The number of likely N-dealkylation sites (tertiary alicyclic amines) is 1. The molecule has 0 aliphatic carbocycles. The highest BCUT2D eigenvalue weighted by Crippen LogP contribution is 2.28. The summed E-state index contributed by atoms with van der Waals surface area (Å²) in [7, 11) is 1.44. The first-order valence-electron chi connectivity index (χ1n) is 13.4. The molecule has 1 saturated heterocycles. The van der Waals surface area contributed by atoms with Crippen LogP contribution in [0.1, 0.15) is 57.2 Å². The minimum atomic E-state index is -0.561. The van der Waals surface area contributed by atoms with Crippen LogP contribution in [0.2, 0.25) is 0 Å². The molecule has 1 aliphatic heterocycles. The number of rotatable bonds is 12. The van der Waals surface area contributed by atoms with Crippen molar-refractivity contribution in [3.05, 3.63) is 77.4 Å². The van der Waals surface area contributed by atoms with Crippen LogP contribution in [0.25, 0.3) is 0 Å². The molecule has 1 fully saturated rings. The molecule has 0 spiro atoms. The summed E-state index contributed by atoms with van der Waals surface area (Å²) in [4.78, 5) is 16.7. The van der Waals surface area contributed by atoms with Gasteiger partial charge in [0.2, 0.25) is 0 Å². The molecular weight excluding hydrogens is 483 g/mol. The summed E-state index contributed by atoms with van der Waals surface area (Å²) in [5.41, 5.74) is 2.41. The summed E-state index contributed by atoms with van der Waals surface area (Å²) in [6.45, 7) is 17.4. The van der Waals surface area contributed by atoms with E-state index in [1.807, 2.05) is 65.0 Å². The van der Waals surface area contributed by atoms with Crippen LogP contribution < -0.4 is 4.74 Å². The van der Waals surface area contributed by atoms with Gasteiger partial charge < -0.3 is 24.0 Å². The van der Waals surface area contributed by atoms with E-state index in [0.29, 0.717) is 25.6 Å². The molecule has 208 valence electrons. The number of aryl methyl sites for hydroxylation is 1. The highest BCUT2D eigenvalue weighted by molar-refractivity contribution is 5.76. The smallest absolute Gasteiger partial charge is 0.312 e. The van der Waals surface area contributed by atoms with Crippen LogP contribution in [0.4, 0.5) is 4.39 Å². The van der Waals surface area contributed by atoms with E-state index >= 15 is 0 Å². The van der Waals surface area contributed by atoms with Gasteiger partial charge in [0.15, 0.2) is 5.88 Å². The molecule has 0 radical (unpaired) electrons. The van der Waals surface area contributed by atoms with Crippen LogP contribution in [0.3, 0.4) is 0 Å². The Morgan fingerprint density at radius 1 is 1.16 bits per heavy atom. The van der Waals surface area contributed by atoms with E-state index in [2.05, 4.69) is 16.4 Å². The van der Waals surface area contributed by atoms with Crippen LogP contribution in [0.5, 0.6) is 5.75 Å². The Morgan fingerprint density at radius 2 is 1.82 bits per heavy atom. The van der Waals surface area contributed by atoms with Crippen molar-refractivity contribution in [2.24, 2.45) is 5.41 Å². The lowest BCUT2D eigenvalue weighted by atomic mass is 9.91. The maximum absolute atomic E-state index is 13.8. The summed E-state index contributed by atoms with van der Waals surface area (Å²) in [6, 6.07) is 13.0. The van der Waals surface area contributed by atoms with Gasteiger partial charge in [-0.05, 0) is 95.0 Å². The van der Waals surface area contributed by atoms with Crippen molar-refractivity contribution in [2.75, 3.05) is 26.7 Å². The monoisotopic (exact) mass is 526 g/mol. The standard InChI is InChI=1S/C31H43FN2O4/c1-22(2)38-29-12-8-25(9-13-29)20-37-24(4)34(19-26-10-11-27(32)18-23(26)3)28-14-16-33(17-15-28)21-31(5,6)30(35)36-7/h8-13,18,22,28H,4,14-17,19-21H2,1-3,5-7H3. The van der Waals surface area contributed by atoms with E-state index < -0.39 is 5.41 Å². The Bertz CT molecular complexity index is 1080. The molecule has 1 heterocycles. The first kappa shape index (κ1) is 29.5. The fourth-order valence-electron chi connectivity index (χ4n) is 4.92. The molecule has 0 amide bonds. The van der Waals surface area contributed by atoms with Crippen molar-refractivity contribution in [1.29, 1.82) is 0 Å². The van der Waals surface area contributed by atoms with Crippen LogP contribution in [0.15, 0.2) is 54.9 Å². The molecule has 6 nitrogen and oxygen atoms in total. The zero-order valence-corrected chi connectivity index (χ0v) is 23.8. The number of esters is 1. The van der Waals surface area contributed by atoms with Gasteiger partial charge in [-0.2, -0.15) is 0 Å². The Kier molecular flexibility index (Phi) is 10.2. The summed E-state index contributed by atoms with van der Waals surface area (Å²) in [6.07, 6.45) is 1.93. The van der Waals surface area contributed by atoms with Crippen molar-refractivity contribution < 1.29 is 23.4 Å². The summed E-state index contributed by atoms with van der Waals surface area (Å²) in [5.74, 6) is 1.00. The van der Waals surface area contributed by atoms with Crippen molar-refractivity contribution in [3.63, 3.8) is 0 Å². The van der Waals surface area contributed by atoms with E-state index in [1.54, 1.807) is 6.07 Å². The van der Waals surface area contributed by atoms with Crippen molar-refractivity contribution in [3.8, 4) is 5.75 Å². The van der Waals surface area contributed by atoms with Crippen LogP contribution in [-0.2, 0) is 27.4 Å². The largest absolute Gasteiger partial charge is 0.491 e. The molecule has 1 aliphatic rings. The molecule has 0 atom stereocenters. The lowest BCUT2D eigenvalue weighted by molar-refractivity contribution is -0.152. The summed E-state index contributed by atoms with van der Waals surface area (Å²) >= 11 is 0. The second-order valence-corrected chi connectivity index (χ2v) is 11.1. The van der Waals surface area contributed by atoms with Gasteiger partial charge in [0.1, 0.15) is 18.2 Å². The molecule has 2 aromatic carbocycles. The van der Waals surface area contributed by atoms with Gasteiger partial charge in [-0.1, -0.05) is 18.2 Å². The number of hydrogen-bond donors (Lipinski definition) is 0. The minimum Gasteiger partial charge on any atom is -0.491 e. The highest BCUT2D eigenvalue weighted by Gasteiger charge is 2.34. The van der Waals surface area contributed by atoms with E-state index in [9.17, 15) is 9.18 Å². The van der Waals surface area contributed by atoms with Gasteiger partial charge in [-0.3, -0.25) is 4.79 Å². The molecule has 38 heavy (non-hydrogen) atoms. The van der Waals surface area contributed by atoms with Crippen molar-refractivity contribution >= 4 is 5.97 Å². The SMILES string of the molecule is C=C(OCc1ccc(OC(C)C)cc1)N(Cc1ccc(F)cc1C)C1CCN(CC(C)(C)C(=O)OC)CC1. The number of methoxy groups -OCH3 is 1. The molecule has 0 N–H and O–H groups in total. The summed E-state index contributed by atoms with van der Waals surface area (Å²) in [5, 5.41) is 0. The number of carbonyl (C=O) groups is 1. The number of halogens is 1. The lowest BCUT2D eigenvalue weighted by Crippen LogP contribution is -2.48. The van der Waals surface area contributed by atoms with E-state index in [1.165, 1.54) is 13.2 Å². The third kappa shape index (κ3) is 8.22. The molecule has 3 rings (SSSR count). The van der Waals surface area contributed by atoms with Gasteiger partial charge in [0, 0.05) is 32.2 Å². The van der Waals surface area contributed by atoms with Crippen molar-refractivity contribution in [1.82, 2.24) is 9.80 Å². The van der Waals surface area contributed by atoms with Gasteiger partial charge in [0.25, 0.3) is 0 Å². The third-order valence-electron chi connectivity index (χ3n) is 7.02. The number of benzene rings is 2. The summed E-state index contributed by atoms with van der Waals surface area (Å²) < 4.78 is 30.7.